The Morgan fingerprint density at radius 3 is 1.34 bits per heavy atom. The number of hydrogen-bond acceptors (Lipinski definition) is 12. The van der Waals surface area contributed by atoms with Gasteiger partial charge in [0.2, 0.25) is 11.8 Å². The number of rotatable bonds is 15. The summed E-state index contributed by atoms with van der Waals surface area (Å²) >= 11 is 0. The Morgan fingerprint density at radius 1 is 0.627 bits per heavy atom. The summed E-state index contributed by atoms with van der Waals surface area (Å²) in [5, 5.41) is 16.3. The standard InChI is InChI=1S/C20H17N3O3.C19H21N2O3P.C5H14N2OP2.C2H8NP.CH5N/c24-19(11-22-20(25)23-10-9-21-13-23)26-12-18-16-7-3-1-5-14(16)15-6-2-4-8-17(15)18;1-20-19(25)18(23)21-10-17(22)24-11-16-14-8-4-2-6-12(14)13-7-3-5-9-15(13)16;1-6-5(10)4(8)7-2-3-9;1-3-2-4;1-2/h1-10,13,18H,11-12H2,(H,22,25);2-9,16,19-20H,10-11,25H2,1H3,(H,21,23);5-6H,2-3,9-10H2,1H3,(H,7,8);3H,2,4H2,1H3;2H2,1H3. The highest BCUT2D eigenvalue weighted by molar-refractivity contribution is 7.19. The molecule has 1 aromatic heterocycles. The second-order valence-corrected chi connectivity index (χ2v) is 16.7. The number of likely N-dealkylation sites (N-methyl/N-ethyl adjacent to an activating group) is 2. The summed E-state index contributed by atoms with van der Waals surface area (Å²) in [6, 6.07) is 32.2. The van der Waals surface area contributed by atoms with E-state index in [0.717, 1.165) is 30.1 Å². The lowest BCUT2D eigenvalue weighted by molar-refractivity contribution is -0.144. The van der Waals surface area contributed by atoms with E-state index in [1.54, 1.807) is 14.1 Å². The number of aromatic nitrogens is 2. The van der Waals surface area contributed by atoms with Crippen molar-refractivity contribution in [3.05, 3.63) is 138 Å². The van der Waals surface area contributed by atoms with Crippen molar-refractivity contribution in [2.75, 3.05) is 73.5 Å². The minimum Gasteiger partial charge on any atom is -0.463 e. The Morgan fingerprint density at radius 2 is 1.00 bits per heavy atom. The summed E-state index contributed by atoms with van der Waals surface area (Å²) in [5.41, 5.74) is 13.9. The SMILES string of the molecule is CN.CNC(P)C(=O)NCC(=O)OCC1c2ccccc2-c2ccccc21.CNC(P)C(=O)NCCP.CNCP.O=C(CNC(=O)n1ccnc1)OCC1c2ccccc2-c2ccccc21. The average Bonchev–Trinajstić information content (AvgIpc) is 4.12. The van der Waals surface area contributed by atoms with Gasteiger partial charge in [0.25, 0.3) is 0 Å². The third-order valence-electron chi connectivity index (χ3n) is 10.1. The van der Waals surface area contributed by atoms with Gasteiger partial charge in [0.1, 0.15) is 44.2 Å². The molecule has 2 aliphatic rings. The monoisotopic (exact) mass is 991 g/mol. The number of fused-ring (bicyclic) bond motifs is 6. The van der Waals surface area contributed by atoms with Crippen LogP contribution < -0.4 is 37.6 Å². The van der Waals surface area contributed by atoms with E-state index in [0.29, 0.717) is 0 Å². The van der Waals surface area contributed by atoms with Crippen LogP contribution >= 0.6 is 37.0 Å². The molecule has 8 N–H and O–H groups in total. The van der Waals surface area contributed by atoms with E-state index in [2.05, 4.69) is 128 Å². The number of nitrogens with one attached hydrogen (secondary N) is 6. The zero-order valence-electron chi connectivity index (χ0n) is 38.4. The molecule has 2 aliphatic carbocycles. The van der Waals surface area contributed by atoms with Gasteiger partial charge in [0, 0.05) is 37.1 Å². The van der Waals surface area contributed by atoms with E-state index >= 15 is 0 Å². The predicted molar refractivity (Wildman–Crippen MR) is 280 cm³/mol. The van der Waals surface area contributed by atoms with Crippen LogP contribution in [0.3, 0.4) is 0 Å². The lowest BCUT2D eigenvalue weighted by Gasteiger charge is -2.15. The maximum atomic E-state index is 12.0. The third kappa shape index (κ3) is 17.2. The van der Waals surface area contributed by atoms with Gasteiger partial charge in [-0.25, -0.2) is 9.78 Å². The first-order chi connectivity index (χ1) is 32.5. The van der Waals surface area contributed by atoms with E-state index < -0.39 is 23.8 Å². The van der Waals surface area contributed by atoms with Crippen LogP contribution in [0.5, 0.6) is 0 Å². The van der Waals surface area contributed by atoms with Crippen molar-refractivity contribution in [2.45, 2.75) is 23.4 Å². The largest absolute Gasteiger partial charge is 0.463 e. The van der Waals surface area contributed by atoms with E-state index in [4.69, 9.17) is 9.47 Å². The topological polar surface area (TPSA) is 220 Å². The molecule has 3 amide bonds. The summed E-state index contributed by atoms with van der Waals surface area (Å²) in [6.45, 7) is 0.900. The maximum absolute atomic E-state index is 12.0. The number of amides is 3. The second kappa shape index (κ2) is 31.1. The molecule has 0 radical (unpaired) electrons. The maximum Gasteiger partial charge on any atom is 0.327 e. The molecule has 5 aromatic rings. The van der Waals surface area contributed by atoms with Crippen LogP contribution in [-0.4, -0.2) is 124 Å². The fraction of sp³-hybridized carbons (Fsp3) is 0.319. The molecule has 6 unspecified atom stereocenters. The zero-order valence-corrected chi connectivity index (χ0v) is 43.0. The molecular formula is C47H65N9O7P4. The van der Waals surface area contributed by atoms with Gasteiger partial charge in [-0.1, -0.05) is 97.1 Å². The fourth-order valence-electron chi connectivity index (χ4n) is 6.79. The van der Waals surface area contributed by atoms with Gasteiger partial charge in [0.05, 0.1) is 0 Å². The van der Waals surface area contributed by atoms with Crippen molar-refractivity contribution in [2.24, 2.45) is 5.73 Å². The van der Waals surface area contributed by atoms with E-state index in [1.807, 2.05) is 55.6 Å². The third-order valence-corrected chi connectivity index (χ3v) is 12.1. The number of hydrogen-bond donors (Lipinski definition) is 7. The fourth-order valence-corrected chi connectivity index (χ4v) is 7.17. The van der Waals surface area contributed by atoms with Gasteiger partial charge in [-0.2, -0.15) is 0 Å². The van der Waals surface area contributed by atoms with Gasteiger partial charge >= 0.3 is 18.0 Å². The highest BCUT2D eigenvalue weighted by Gasteiger charge is 2.30. The number of benzene rings is 4. The lowest BCUT2D eigenvalue weighted by atomic mass is 9.98. The Labute approximate surface area is 403 Å². The lowest BCUT2D eigenvalue weighted by Crippen LogP contribution is -2.41. The molecule has 7 rings (SSSR count). The molecule has 4 aromatic carbocycles. The van der Waals surface area contributed by atoms with Gasteiger partial charge in [0.15, 0.2) is 0 Å². The number of imidazole rings is 1. The quantitative estimate of drug-likeness (QED) is 0.0591. The molecule has 0 spiro atoms. The Kier molecular flexibility index (Phi) is 26.2. The van der Waals surface area contributed by atoms with Crippen LogP contribution in [0.15, 0.2) is 116 Å². The molecule has 67 heavy (non-hydrogen) atoms. The van der Waals surface area contributed by atoms with E-state index in [-0.39, 0.29) is 55.7 Å². The summed E-state index contributed by atoms with van der Waals surface area (Å²) in [4.78, 5) is 62.2. The molecule has 0 saturated heterocycles. The van der Waals surface area contributed by atoms with Crippen molar-refractivity contribution in [1.29, 1.82) is 0 Å². The molecule has 0 fully saturated rings. The zero-order chi connectivity index (χ0) is 49.1. The Hall–Kier alpha value is -5.00. The predicted octanol–water partition coefficient (Wildman–Crippen LogP) is 3.69. The van der Waals surface area contributed by atoms with Crippen LogP contribution in [0.1, 0.15) is 34.1 Å². The van der Waals surface area contributed by atoms with Gasteiger partial charge < -0.3 is 47.1 Å². The highest BCUT2D eigenvalue weighted by atomic mass is 31.0. The molecule has 360 valence electrons. The van der Waals surface area contributed by atoms with Crippen molar-refractivity contribution < 1.29 is 33.4 Å². The van der Waals surface area contributed by atoms with Crippen LogP contribution in [-0.2, 0) is 28.7 Å². The van der Waals surface area contributed by atoms with Crippen molar-refractivity contribution >= 4 is 66.7 Å². The van der Waals surface area contributed by atoms with Gasteiger partial charge in [-0.05, 0) is 78.9 Å². The summed E-state index contributed by atoms with van der Waals surface area (Å²) < 4.78 is 12.1. The van der Waals surface area contributed by atoms with E-state index in [1.165, 1.54) is 63.7 Å². The van der Waals surface area contributed by atoms with Gasteiger partial charge in [-0.15, -0.1) is 37.0 Å². The minimum atomic E-state index is -0.472. The molecule has 1 heterocycles. The molecule has 16 nitrogen and oxygen atoms in total. The number of nitrogens with zero attached hydrogens (tertiary/aromatic N) is 2. The molecule has 0 aliphatic heterocycles. The summed E-state index contributed by atoms with van der Waals surface area (Å²) in [7, 11) is 16.7. The van der Waals surface area contributed by atoms with Crippen LogP contribution in [0.2, 0.25) is 0 Å². The Balaban J connectivity index is 0.000000271. The highest BCUT2D eigenvalue weighted by Crippen LogP contribution is 2.45. The molecular weight excluding hydrogens is 926 g/mol. The number of carbonyl (C=O) groups excluding carboxylic acids is 5. The van der Waals surface area contributed by atoms with Gasteiger partial charge in [-0.3, -0.25) is 23.7 Å². The first-order valence-corrected chi connectivity index (χ1v) is 24.4. The van der Waals surface area contributed by atoms with Crippen LogP contribution in [0.4, 0.5) is 4.79 Å². The van der Waals surface area contributed by atoms with Crippen LogP contribution in [0.25, 0.3) is 22.3 Å². The number of carbonyl (C=O) groups is 5. The molecule has 20 heteroatoms. The van der Waals surface area contributed by atoms with Crippen molar-refractivity contribution in [1.82, 2.24) is 41.5 Å². The summed E-state index contributed by atoms with van der Waals surface area (Å²) in [5.74, 6) is -1.72. The van der Waals surface area contributed by atoms with E-state index in [9.17, 15) is 24.0 Å². The first-order valence-electron chi connectivity index (χ1n) is 21.5. The number of nitrogens with two attached hydrogens (primary N) is 1. The molecule has 0 bridgehead atoms. The minimum absolute atomic E-state index is 0.00991. The van der Waals surface area contributed by atoms with Crippen LogP contribution in [0, 0.1) is 0 Å². The molecule has 6 atom stereocenters. The average molecular weight is 992 g/mol. The Bertz CT molecular complexity index is 2230. The normalized spacial score (nSPS) is 12.3. The smallest absolute Gasteiger partial charge is 0.327 e. The second-order valence-electron chi connectivity index (χ2n) is 14.3. The first kappa shape index (κ1) is 56.3. The van der Waals surface area contributed by atoms with Crippen molar-refractivity contribution in [3.8, 4) is 22.3 Å². The van der Waals surface area contributed by atoms with Crippen molar-refractivity contribution in [3.63, 3.8) is 0 Å². The summed E-state index contributed by atoms with van der Waals surface area (Å²) in [6.07, 6.45) is 6.25. The molecule has 0 saturated carbocycles. The number of ether oxygens (including phenoxy) is 2. The number of esters is 2.